The molecular formula is C17H20N2O5. The van der Waals surface area contributed by atoms with Crippen molar-refractivity contribution < 1.29 is 24.0 Å². The maximum atomic E-state index is 12.6. The molecule has 1 aromatic heterocycles. The van der Waals surface area contributed by atoms with Crippen molar-refractivity contribution in [3.05, 3.63) is 46.8 Å². The fourth-order valence-corrected chi connectivity index (χ4v) is 2.44. The summed E-state index contributed by atoms with van der Waals surface area (Å²) < 4.78 is 10.2. The van der Waals surface area contributed by atoms with Gasteiger partial charge in [-0.15, -0.1) is 0 Å². The topological polar surface area (TPSA) is 102 Å². The van der Waals surface area contributed by atoms with E-state index in [9.17, 15) is 9.59 Å². The Morgan fingerprint density at radius 1 is 1.33 bits per heavy atom. The number of hydrogen-bond acceptors (Lipinski definition) is 5. The summed E-state index contributed by atoms with van der Waals surface area (Å²) >= 11 is 0. The van der Waals surface area contributed by atoms with Crippen LogP contribution in [0.1, 0.15) is 46.8 Å². The molecule has 0 fully saturated rings. The van der Waals surface area contributed by atoms with Crippen LogP contribution in [0, 0.1) is 6.92 Å². The number of methoxy groups -OCH3 is 1. The van der Waals surface area contributed by atoms with Crippen molar-refractivity contribution in [1.82, 2.24) is 10.5 Å². The molecule has 0 spiro atoms. The van der Waals surface area contributed by atoms with Crippen LogP contribution < -0.4 is 10.1 Å². The number of nitrogens with zero attached hydrogens (tertiary/aromatic N) is 1. The molecule has 0 aliphatic rings. The highest BCUT2D eigenvalue weighted by Crippen LogP contribution is 2.22. The van der Waals surface area contributed by atoms with Gasteiger partial charge in [0.25, 0.3) is 5.91 Å². The second-order valence-electron chi connectivity index (χ2n) is 5.31. The molecule has 2 N–H and O–H groups in total. The first-order chi connectivity index (χ1) is 11.5. The average molecular weight is 332 g/mol. The molecule has 0 unspecified atom stereocenters. The van der Waals surface area contributed by atoms with Gasteiger partial charge >= 0.3 is 5.97 Å². The van der Waals surface area contributed by atoms with Gasteiger partial charge in [0, 0.05) is 0 Å². The molecule has 0 saturated heterocycles. The summed E-state index contributed by atoms with van der Waals surface area (Å²) in [4.78, 5) is 23.7. The zero-order valence-electron chi connectivity index (χ0n) is 13.8. The molecule has 1 aromatic carbocycles. The zero-order valence-corrected chi connectivity index (χ0v) is 13.8. The fourth-order valence-electron chi connectivity index (χ4n) is 2.44. The smallest absolute Gasteiger partial charge is 0.305 e. The predicted molar refractivity (Wildman–Crippen MR) is 86.1 cm³/mol. The lowest BCUT2D eigenvalue weighted by Crippen LogP contribution is -2.31. The van der Waals surface area contributed by atoms with Crippen molar-refractivity contribution in [3.8, 4) is 5.75 Å². The third-order valence-electron chi connectivity index (χ3n) is 3.70. The Morgan fingerprint density at radius 2 is 2.00 bits per heavy atom. The Morgan fingerprint density at radius 3 is 2.54 bits per heavy atom. The molecule has 24 heavy (non-hydrogen) atoms. The van der Waals surface area contributed by atoms with Gasteiger partial charge in [-0.2, -0.15) is 0 Å². The van der Waals surface area contributed by atoms with Crippen molar-refractivity contribution in [3.63, 3.8) is 0 Å². The van der Waals surface area contributed by atoms with E-state index in [1.54, 1.807) is 38.3 Å². The lowest BCUT2D eigenvalue weighted by atomic mass is 10.0. The van der Waals surface area contributed by atoms with Crippen molar-refractivity contribution in [2.75, 3.05) is 7.11 Å². The fraction of sp³-hybridized carbons (Fsp3) is 0.353. The second kappa shape index (κ2) is 7.63. The van der Waals surface area contributed by atoms with Crippen molar-refractivity contribution >= 4 is 11.9 Å². The number of aryl methyl sites for hydroxylation is 2. The van der Waals surface area contributed by atoms with Gasteiger partial charge in [-0.05, 0) is 31.0 Å². The van der Waals surface area contributed by atoms with Gasteiger partial charge in [0.1, 0.15) is 17.1 Å². The average Bonchev–Trinajstić information content (AvgIpc) is 2.94. The summed E-state index contributed by atoms with van der Waals surface area (Å²) in [6, 6.07) is 6.23. The standard InChI is InChI=1S/C17H20N2O5/c1-4-13-16(10(2)24-19-13)17(22)18-14(9-15(20)21)11-5-7-12(23-3)8-6-11/h5-8,14H,4,9H2,1-3H3,(H,18,22)(H,20,21)/t14-/m1/s1. The Balaban J connectivity index is 2.26. The summed E-state index contributed by atoms with van der Waals surface area (Å²) in [6.07, 6.45) is 0.316. The van der Waals surface area contributed by atoms with Crippen LogP contribution in [-0.2, 0) is 11.2 Å². The van der Waals surface area contributed by atoms with E-state index in [0.717, 1.165) is 0 Å². The quantitative estimate of drug-likeness (QED) is 0.808. The van der Waals surface area contributed by atoms with Crippen LogP contribution in [0.25, 0.3) is 0 Å². The van der Waals surface area contributed by atoms with E-state index in [-0.39, 0.29) is 6.42 Å². The Labute approximate surface area is 139 Å². The minimum Gasteiger partial charge on any atom is -0.497 e. The van der Waals surface area contributed by atoms with Gasteiger partial charge in [0.15, 0.2) is 0 Å². The van der Waals surface area contributed by atoms with E-state index < -0.39 is 17.9 Å². The van der Waals surface area contributed by atoms with Gasteiger partial charge in [-0.3, -0.25) is 9.59 Å². The molecule has 1 atom stereocenters. The Bertz CT molecular complexity index is 721. The van der Waals surface area contributed by atoms with Crippen molar-refractivity contribution in [2.24, 2.45) is 0 Å². The molecule has 7 nitrogen and oxygen atoms in total. The number of benzene rings is 1. The zero-order chi connectivity index (χ0) is 17.7. The molecule has 0 bridgehead atoms. The number of carbonyl (C=O) groups excluding carboxylic acids is 1. The number of carboxylic acids is 1. The van der Waals surface area contributed by atoms with Gasteiger partial charge < -0.3 is 19.7 Å². The van der Waals surface area contributed by atoms with Gasteiger partial charge in [-0.1, -0.05) is 24.2 Å². The highest BCUT2D eigenvalue weighted by molar-refractivity contribution is 5.96. The molecule has 0 radical (unpaired) electrons. The van der Waals surface area contributed by atoms with E-state index in [2.05, 4.69) is 10.5 Å². The molecule has 128 valence electrons. The molecule has 0 aliphatic carbocycles. The molecule has 0 aliphatic heterocycles. The minimum atomic E-state index is -1.01. The maximum Gasteiger partial charge on any atom is 0.305 e. The van der Waals surface area contributed by atoms with Crippen LogP contribution in [0.5, 0.6) is 5.75 Å². The van der Waals surface area contributed by atoms with Crippen LogP contribution >= 0.6 is 0 Å². The maximum absolute atomic E-state index is 12.6. The van der Waals surface area contributed by atoms with Crippen molar-refractivity contribution in [1.29, 1.82) is 0 Å². The largest absolute Gasteiger partial charge is 0.497 e. The molecule has 2 rings (SSSR count). The van der Waals surface area contributed by atoms with E-state index in [4.69, 9.17) is 14.4 Å². The summed E-state index contributed by atoms with van der Waals surface area (Å²) in [5.74, 6) is -0.336. The molecule has 1 heterocycles. The highest BCUT2D eigenvalue weighted by atomic mass is 16.5. The summed E-state index contributed by atoms with van der Waals surface area (Å²) in [6.45, 7) is 3.52. The Hall–Kier alpha value is -2.83. The van der Waals surface area contributed by atoms with E-state index in [1.807, 2.05) is 6.92 Å². The number of ether oxygens (including phenoxy) is 1. The van der Waals surface area contributed by atoms with Crippen LogP contribution in [0.3, 0.4) is 0 Å². The van der Waals surface area contributed by atoms with Crippen LogP contribution in [0.2, 0.25) is 0 Å². The first-order valence-electron chi connectivity index (χ1n) is 7.58. The normalized spacial score (nSPS) is 11.8. The molecular weight excluding hydrogens is 312 g/mol. The number of hydrogen-bond donors (Lipinski definition) is 2. The number of aromatic nitrogens is 1. The molecule has 0 saturated carbocycles. The summed E-state index contributed by atoms with van der Waals surface area (Å²) in [5.41, 5.74) is 1.59. The SMILES string of the molecule is CCc1noc(C)c1C(=O)N[C@H](CC(=O)O)c1ccc(OC)cc1. The second-order valence-corrected chi connectivity index (χ2v) is 5.31. The van der Waals surface area contributed by atoms with Gasteiger partial charge in [0.05, 0.1) is 25.3 Å². The van der Waals surface area contributed by atoms with Crippen LogP contribution in [-0.4, -0.2) is 29.2 Å². The van der Waals surface area contributed by atoms with E-state index >= 15 is 0 Å². The third kappa shape index (κ3) is 3.92. The first kappa shape index (κ1) is 17.5. The van der Waals surface area contributed by atoms with E-state index in [0.29, 0.717) is 34.8 Å². The monoisotopic (exact) mass is 332 g/mol. The first-order valence-corrected chi connectivity index (χ1v) is 7.58. The van der Waals surface area contributed by atoms with Crippen LogP contribution in [0.4, 0.5) is 0 Å². The third-order valence-corrected chi connectivity index (χ3v) is 3.70. The number of amides is 1. The lowest BCUT2D eigenvalue weighted by Gasteiger charge is -2.18. The highest BCUT2D eigenvalue weighted by Gasteiger charge is 2.24. The van der Waals surface area contributed by atoms with Crippen molar-refractivity contribution in [2.45, 2.75) is 32.7 Å². The summed E-state index contributed by atoms with van der Waals surface area (Å²) in [5, 5.41) is 15.7. The Kier molecular flexibility index (Phi) is 5.57. The van der Waals surface area contributed by atoms with Gasteiger partial charge in [0.2, 0.25) is 0 Å². The van der Waals surface area contributed by atoms with Crippen LogP contribution in [0.15, 0.2) is 28.8 Å². The minimum absolute atomic E-state index is 0.232. The number of carbonyl (C=O) groups is 2. The summed E-state index contributed by atoms with van der Waals surface area (Å²) in [7, 11) is 1.55. The van der Waals surface area contributed by atoms with E-state index in [1.165, 1.54) is 0 Å². The number of nitrogens with one attached hydrogen (secondary N) is 1. The molecule has 2 aromatic rings. The van der Waals surface area contributed by atoms with Gasteiger partial charge in [-0.25, -0.2) is 0 Å². The lowest BCUT2D eigenvalue weighted by molar-refractivity contribution is -0.137. The predicted octanol–water partition coefficient (Wildman–Crippen LogP) is 2.50. The number of carboxylic acid groups (broad SMARTS) is 1. The number of rotatable bonds is 7. The molecule has 7 heteroatoms. The molecule has 1 amide bonds. The number of aliphatic carboxylic acids is 1.